The van der Waals surface area contributed by atoms with Crippen LogP contribution in [0.3, 0.4) is 0 Å². The number of urea groups is 1. The summed E-state index contributed by atoms with van der Waals surface area (Å²) in [6.07, 6.45) is 0.772. The molecule has 2 aromatic rings. The number of hydrogen-bond acceptors (Lipinski definition) is 6. The average Bonchev–Trinajstić information content (AvgIpc) is 2.82. The van der Waals surface area contributed by atoms with Crippen molar-refractivity contribution in [1.82, 2.24) is 16.1 Å². The first-order valence-corrected chi connectivity index (χ1v) is 11.3. The van der Waals surface area contributed by atoms with Crippen LogP contribution in [0, 0.1) is 0 Å². The second-order valence-corrected chi connectivity index (χ2v) is 9.07. The van der Waals surface area contributed by atoms with Crippen LogP contribution in [0.15, 0.2) is 72.5 Å². The van der Waals surface area contributed by atoms with Crippen molar-refractivity contribution in [1.29, 1.82) is 0 Å². The van der Waals surface area contributed by atoms with Gasteiger partial charge in [0.1, 0.15) is 6.61 Å². The predicted octanol–water partition coefficient (Wildman–Crippen LogP) is 3.14. The van der Waals surface area contributed by atoms with Gasteiger partial charge in [-0.3, -0.25) is 9.63 Å². The van der Waals surface area contributed by atoms with Crippen LogP contribution in [0.4, 0.5) is 4.79 Å². The van der Waals surface area contributed by atoms with E-state index in [1.165, 1.54) is 13.0 Å². The maximum Gasteiger partial charge on any atom is 0.374 e. The molecule has 3 amide bonds. The topological polar surface area (TPSA) is 115 Å². The molecule has 9 nitrogen and oxygen atoms in total. The lowest BCUT2D eigenvalue weighted by atomic mass is 10.0. The summed E-state index contributed by atoms with van der Waals surface area (Å²) in [4.78, 5) is 42.4. The minimum absolute atomic E-state index is 0.0348. The van der Waals surface area contributed by atoms with Crippen molar-refractivity contribution in [2.75, 3.05) is 6.61 Å². The van der Waals surface area contributed by atoms with E-state index < -0.39 is 35.8 Å². The highest BCUT2D eigenvalue weighted by molar-refractivity contribution is 5.87. The smallest absolute Gasteiger partial charge is 0.374 e. The van der Waals surface area contributed by atoms with Gasteiger partial charge < -0.3 is 20.1 Å². The van der Waals surface area contributed by atoms with E-state index in [2.05, 4.69) is 16.1 Å². The van der Waals surface area contributed by atoms with Gasteiger partial charge in [-0.1, -0.05) is 60.7 Å². The Labute approximate surface area is 204 Å². The van der Waals surface area contributed by atoms with Gasteiger partial charge in [-0.15, -0.1) is 0 Å². The molecule has 2 unspecified atom stereocenters. The molecule has 186 valence electrons. The first-order chi connectivity index (χ1) is 16.6. The number of amides is 3. The van der Waals surface area contributed by atoms with Gasteiger partial charge >= 0.3 is 12.0 Å². The van der Waals surface area contributed by atoms with Crippen molar-refractivity contribution in [2.24, 2.45) is 0 Å². The van der Waals surface area contributed by atoms with Crippen LogP contribution in [0.5, 0.6) is 0 Å². The van der Waals surface area contributed by atoms with E-state index in [9.17, 15) is 14.4 Å². The molecule has 2 atom stereocenters. The van der Waals surface area contributed by atoms with Crippen LogP contribution < -0.4 is 16.1 Å². The van der Waals surface area contributed by atoms with Crippen molar-refractivity contribution in [2.45, 2.75) is 51.5 Å². The summed E-state index contributed by atoms with van der Waals surface area (Å²) in [6.45, 7) is 6.67. The summed E-state index contributed by atoms with van der Waals surface area (Å²) in [7, 11) is 0. The average molecular weight is 482 g/mol. The highest BCUT2D eigenvalue weighted by Gasteiger charge is 2.32. The summed E-state index contributed by atoms with van der Waals surface area (Å²) in [5.41, 5.74) is 3.31. The normalized spacial score (nSPS) is 17.6. The Bertz CT molecular complexity index is 1010. The van der Waals surface area contributed by atoms with Gasteiger partial charge in [0.25, 0.3) is 0 Å². The molecule has 0 aliphatic carbocycles. The van der Waals surface area contributed by atoms with Crippen LogP contribution >= 0.6 is 0 Å². The molecular weight excluding hydrogens is 450 g/mol. The summed E-state index contributed by atoms with van der Waals surface area (Å²) >= 11 is 0. The first kappa shape index (κ1) is 25.8. The number of carbonyl (C=O) groups excluding carboxylic acids is 3. The maximum atomic E-state index is 13.1. The van der Waals surface area contributed by atoms with Crippen LogP contribution in [0.2, 0.25) is 0 Å². The lowest BCUT2D eigenvalue weighted by Gasteiger charge is -2.31. The van der Waals surface area contributed by atoms with E-state index in [1.54, 1.807) is 20.8 Å². The lowest BCUT2D eigenvalue weighted by molar-refractivity contribution is -0.147. The number of hydroxylamine groups is 1. The Balaban J connectivity index is 1.79. The summed E-state index contributed by atoms with van der Waals surface area (Å²) in [5.74, 6) is -1.06. The minimum atomic E-state index is -0.745. The molecule has 1 aliphatic heterocycles. The van der Waals surface area contributed by atoms with Crippen molar-refractivity contribution in [3.8, 4) is 0 Å². The highest BCUT2D eigenvalue weighted by Crippen LogP contribution is 2.27. The third-order valence-electron chi connectivity index (χ3n) is 4.95. The Morgan fingerprint density at radius 1 is 0.943 bits per heavy atom. The third kappa shape index (κ3) is 7.86. The van der Waals surface area contributed by atoms with E-state index in [0.717, 1.165) is 11.1 Å². The molecule has 2 aromatic carbocycles. The zero-order chi connectivity index (χ0) is 25.4. The number of nitrogens with one attached hydrogen (secondary N) is 3. The lowest BCUT2D eigenvalue weighted by Crippen LogP contribution is -2.56. The molecule has 35 heavy (non-hydrogen) atoms. The first-order valence-electron chi connectivity index (χ1n) is 11.3. The number of rotatable bonds is 7. The van der Waals surface area contributed by atoms with Crippen molar-refractivity contribution in [3.63, 3.8) is 0 Å². The molecule has 0 fully saturated rings. The molecule has 0 spiro atoms. The monoisotopic (exact) mass is 481 g/mol. The molecule has 0 radical (unpaired) electrons. The molecule has 0 saturated heterocycles. The molecule has 0 aromatic heterocycles. The van der Waals surface area contributed by atoms with E-state index in [0.29, 0.717) is 0 Å². The van der Waals surface area contributed by atoms with Gasteiger partial charge in [-0.2, -0.15) is 0 Å². The van der Waals surface area contributed by atoms with E-state index >= 15 is 0 Å². The minimum Gasteiger partial charge on any atom is -0.484 e. The summed E-state index contributed by atoms with van der Waals surface area (Å²) < 4.78 is 11.5. The van der Waals surface area contributed by atoms with E-state index in [4.69, 9.17) is 14.3 Å². The van der Waals surface area contributed by atoms with Gasteiger partial charge in [0.05, 0.1) is 17.7 Å². The Morgan fingerprint density at radius 3 is 2.03 bits per heavy atom. The van der Waals surface area contributed by atoms with Crippen molar-refractivity contribution < 1.29 is 28.7 Å². The number of ether oxygens (including phenoxy) is 2. The van der Waals surface area contributed by atoms with Crippen molar-refractivity contribution >= 4 is 17.9 Å². The van der Waals surface area contributed by atoms with Gasteiger partial charge in [0, 0.05) is 6.92 Å². The molecular formula is C26H31N3O6. The van der Waals surface area contributed by atoms with Gasteiger partial charge in [-0.05, 0) is 38.0 Å². The van der Waals surface area contributed by atoms with E-state index in [1.807, 2.05) is 60.7 Å². The molecule has 3 rings (SSSR count). The van der Waals surface area contributed by atoms with Crippen LogP contribution in [0.25, 0.3) is 0 Å². The molecule has 9 heteroatoms. The maximum absolute atomic E-state index is 13.1. The molecule has 0 saturated carbocycles. The van der Waals surface area contributed by atoms with Crippen LogP contribution in [-0.2, 0) is 23.9 Å². The van der Waals surface area contributed by atoms with Crippen LogP contribution in [-0.4, -0.2) is 42.2 Å². The summed E-state index contributed by atoms with van der Waals surface area (Å²) in [6, 6.07) is 16.8. The highest BCUT2D eigenvalue weighted by atomic mass is 16.7. The zero-order valence-corrected chi connectivity index (χ0v) is 20.2. The second-order valence-electron chi connectivity index (χ2n) is 9.07. The number of hydrogen-bond donors (Lipinski definition) is 3. The largest absolute Gasteiger partial charge is 0.484 e. The predicted molar refractivity (Wildman–Crippen MR) is 129 cm³/mol. The second kappa shape index (κ2) is 11.5. The van der Waals surface area contributed by atoms with Crippen molar-refractivity contribution in [3.05, 3.63) is 83.6 Å². The van der Waals surface area contributed by atoms with E-state index in [-0.39, 0.29) is 18.3 Å². The number of esters is 1. The molecule has 0 bridgehead atoms. The van der Waals surface area contributed by atoms with Crippen LogP contribution in [0.1, 0.15) is 44.9 Å². The number of benzene rings is 2. The molecule has 1 aliphatic rings. The van der Waals surface area contributed by atoms with Gasteiger partial charge in [0.2, 0.25) is 11.7 Å². The summed E-state index contributed by atoms with van der Waals surface area (Å²) in [5, 5.41) is 5.41. The number of carbonyl (C=O) groups is 3. The quantitative estimate of drug-likeness (QED) is 0.414. The Morgan fingerprint density at radius 2 is 1.51 bits per heavy atom. The fourth-order valence-corrected chi connectivity index (χ4v) is 3.40. The fraction of sp³-hybridized carbons (Fsp3) is 0.346. The molecule has 1 heterocycles. The SMILES string of the molecule is CC(=O)NC1COC(C(=O)OC(c2ccccc2)c2ccccc2)=CC1NC(=O)NOC(C)(C)C. The third-order valence-corrected chi connectivity index (χ3v) is 4.95. The standard InChI is InChI=1S/C26H31N3O6/c1-17(30)27-21-16-33-22(15-20(21)28-25(32)29-35-26(2,3)4)24(31)34-23(18-11-7-5-8-12-18)19-13-9-6-10-14-19/h5-15,20-21,23H,16H2,1-4H3,(H,27,30)(H2,28,29,32). The molecule has 3 N–H and O–H groups in total. The van der Waals surface area contributed by atoms with Gasteiger partial charge in [-0.25, -0.2) is 15.1 Å². The Hall–Kier alpha value is -3.85. The Kier molecular flexibility index (Phi) is 8.48. The van der Waals surface area contributed by atoms with Gasteiger partial charge in [0.15, 0.2) is 6.10 Å². The zero-order valence-electron chi connectivity index (χ0n) is 20.2. The fourth-order valence-electron chi connectivity index (χ4n) is 3.40.